The molecule has 0 aromatic rings. The van der Waals surface area contributed by atoms with E-state index in [0.29, 0.717) is 0 Å². The van der Waals surface area contributed by atoms with Crippen LogP contribution in [0.4, 0.5) is 13.2 Å². The molecule has 16 heavy (non-hydrogen) atoms. The van der Waals surface area contributed by atoms with Crippen molar-refractivity contribution in [3.8, 4) is 0 Å². The van der Waals surface area contributed by atoms with E-state index in [1.807, 2.05) is 0 Å². The van der Waals surface area contributed by atoms with Crippen molar-refractivity contribution in [2.75, 3.05) is 6.61 Å². The number of rotatable bonds is 4. The summed E-state index contributed by atoms with van der Waals surface area (Å²) in [5, 5.41) is 0. The Labute approximate surface area is 89.7 Å². The van der Waals surface area contributed by atoms with Gasteiger partial charge in [-0.05, 0) is 6.92 Å². The van der Waals surface area contributed by atoms with Crippen molar-refractivity contribution in [1.82, 2.24) is 0 Å². The molecule has 2 atom stereocenters. The number of carbonyl (C=O) groups is 2. The Morgan fingerprint density at radius 3 is 2.19 bits per heavy atom. The largest absolute Gasteiger partial charge is 0.463 e. The summed E-state index contributed by atoms with van der Waals surface area (Å²) in [4.78, 5) is 21.6. The van der Waals surface area contributed by atoms with E-state index < -0.39 is 30.3 Å². The molecule has 0 amide bonds. The van der Waals surface area contributed by atoms with Crippen molar-refractivity contribution in [3.05, 3.63) is 0 Å². The first-order valence-electron chi connectivity index (χ1n) is 4.36. The van der Waals surface area contributed by atoms with E-state index in [2.05, 4.69) is 9.47 Å². The van der Waals surface area contributed by atoms with Crippen molar-refractivity contribution < 1.29 is 32.2 Å². The van der Waals surface area contributed by atoms with Gasteiger partial charge in [-0.3, -0.25) is 4.79 Å². The summed E-state index contributed by atoms with van der Waals surface area (Å²) < 4.78 is 45.2. The molecule has 0 heterocycles. The van der Waals surface area contributed by atoms with Crippen LogP contribution in [0.15, 0.2) is 0 Å². The zero-order valence-corrected chi connectivity index (χ0v) is 8.71. The number of carbonyl (C=O) groups excluding carboxylic acids is 2. The van der Waals surface area contributed by atoms with Gasteiger partial charge in [-0.15, -0.1) is 0 Å². The van der Waals surface area contributed by atoms with E-state index in [4.69, 9.17) is 5.73 Å². The molecular weight excluding hydrogens is 231 g/mol. The summed E-state index contributed by atoms with van der Waals surface area (Å²) in [6.07, 6.45) is -7.02. The van der Waals surface area contributed by atoms with Crippen LogP contribution < -0.4 is 5.73 Å². The second-order valence-corrected chi connectivity index (χ2v) is 2.85. The monoisotopic (exact) mass is 243 g/mol. The maximum absolute atomic E-state index is 12.2. The van der Waals surface area contributed by atoms with Gasteiger partial charge in [-0.1, -0.05) is 0 Å². The number of nitrogens with two attached hydrogens (primary N) is 1. The third kappa shape index (κ3) is 4.47. The number of ether oxygens (including phenoxy) is 2. The molecule has 0 radical (unpaired) electrons. The Balaban J connectivity index is 4.79. The fraction of sp³-hybridized carbons (Fsp3) is 0.750. The molecule has 0 aromatic heterocycles. The highest BCUT2D eigenvalue weighted by Gasteiger charge is 2.47. The molecule has 0 aliphatic carbocycles. The van der Waals surface area contributed by atoms with Gasteiger partial charge in [0.15, 0.2) is 0 Å². The van der Waals surface area contributed by atoms with Gasteiger partial charge in [0.2, 0.25) is 6.10 Å². The average molecular weight is 243 g/mol. The third-order valence-electron chi connectivity index (χ3n) is 1.52. The highest BCUT2D eigenvalue weighted by Crippen LogP contribution is 2.23. The molecule has 0 unspecified atom stereocenters. The lowest BCUT2D eigenvalue weighted by atomic mass is 10.1. The Morgan fingerprint density at radius 2 is 1.88 bits per heavy atom. The van der Waals surface area contributed by atoms with Crippen LogP contribution in [0.1, 0.15) is 13.8 Å². The summed E-state index contributed by atoms with van der Waals surface area (Å²) >= 11 is 0. The maximum atomic E-state index is 12.2. The van der Waals surface area contributed by atoms with Crippen LogP contribution in [-0.4, -0.2) is 36.9 Å². The summed E-state index contributed by atoms with van der Waals surface area (Å²) in [6, 6.07) is -2.60. The number of hydrogen-bond donors (Lipinski definition) is 1. The minimum Gasteiger partial charge on any atom is -0.463 e. The molecular formula is C8H12F3NO4. The Hall–Kier alpha value is -1.31. The van der Waals surface area contributed by atoms with Crippen molar-refractivity contribution in [2.45, 2.75) is 32.2 Å². The van der Waals surface area contributed by atoms with Crippen molar-refractivity contribution in [2.24, 2.45) is 5.73 Å². The lowest BCUT2D eigenvalue weighted by Gasteiger charge is -2.23. The Morgan fingerprint density at radius 1 is 1.38 bits per heavy atom. The lowest BCUT2D eigenvalue weighted by molar-refractivity contribution is -0.195. The molecule has 0 rings (SSSR count). The maximum Gasteiger partial charge on any atom is 0.407 e. The number of alkyl halides is 3. The fourth-order valence-corrected chi connectivity index (χ4v) is 0.843. The van der Waals surface area contributed by atoms with Crippen LogP contribution in [-0.2, 0) is 19.1 Å². The third-order valence-corrected chi connectivity index (χ3v) is 1.52. The topological polar surface area (TPSA) is 78.6 Å². The van der Waals surface area contributed by atoms with Crippen molar-refractivity contribution in [3.63, 3.8) is 0 Å². The van der Waals surface area contributed by atoms with Gasteiger partial charge in [0.25, 0.3) is 0 Å². The molecule has 5 nitrogen and oxygen atoms in total. The first-order valence-corrected chi connectivity index (χ1v) is 4.36. The number of hydrogen-bond acceptors (Lipinski definition) is 5. The van der Waals surface area contributed by atoms with Gasteiger partial charge < -0.3 is 15.2 Å². The van der Waals surface area contributed by atoms with Gasteiger partial charge >= 0.3 is 18.1 Å². The molecule has 2 N–H and O–H groups in total. The Bertz CT molecular complexity index is 266. The van der Waals surface area contributed by atoms with E-state index >= 15 is 0 Å². The molecule has 8 heteroatoms. The zero-order chi connectivity index (χ0) is 12.9. The highest BCUT2D eigenvalue weighted by molar-refractivity contribution is 5.79. The van der Waals surface area contributed by atoms with E-state index in [1.54, 1.807) is 0 Å². The quantitative estimate of drug-likeness (QED) is 0.722. The van der Waals surface area contributed by atoms with Crippen LogP contribution in [0, 0.1) is 0 Å². The summed E-state index contributed by atoms with van der Waals surface area (Å²) in [6.45, 7) is 2.14. The molecule has 0 aliphatic heterocycles. The van der Waals surface area contributed by atoms with Gasteiger partial charge in [0.05, 0.1) is 6.61 Å². The van der Waals surface area contributed by atoms with Crippen LogP contribution >= 0.6 is 0 Å². The van der Waals surface area contributed by atoms with E-state index in [0.717, 1.165) is 6.92 Å². The average Bonchev–Trinajstić information content (AvgIpc) is 2.11. The molecule has 0 bridgehead atoms. The molecule has 0 saturated carbocycles. The zero-order valence-electron chi connectivity index (χ0n) is 8.71. The lowest BCUT2D eigenvalue weighted by Crippen LogP contribution is -2.52. The SMILES string of the molecule is CCOC(=O)[C@H](OC(C)=O)[C@@H](N)C(F)(F)F. The van der Waals surface area contributed by atoms with Crippen LogP contribution in [0.25, 0.3) is 0 Å². The normalized spacial score (nSPS) is 15.1. The highest BCUT2D eigenvalue weighted by atomic mass is 19.4. The van der Waals surface area contributed by atoms with Crippen molar-refractivity contribution in [1.29, 1.82) is 0 Å². The van der Waals surface area contributed by atoms with Gasteiger partial charge in [0, 0.05) is 6.92 Å². The standard InChI is InChI=1S/C8H12F3NO4/c1-3-15-7(14)5(16-4(2)13)6(12)8(9,10)11/h5-6H,3,12H2,1-2H3/t5-,6-/m1/s1. The van der Waals surface area contributed by atoms with Crippen LogP contribution in [0.2, 0.25) is 0 Å². The van der Waals surface area contributed by atoms with Crippen molar-refractivity contribution >= 4 is 11.9 Å². The smallest absolute Gasteiger partial charge is 0.407 e. The second kappa shape index (κ2) is 5.69. The summed E-state index contributed by atoms with van der Waals surface area (Å²) in [7, 11) is 0. The second-order valence-electron chi connectivity index (χ2n) is 2.85. The van der Waals surface area contributed by atoms with Gasteiger partial charge in [-0.25, -0.2) is 4.79 Å². The molecule has 0 aliphatic rings. The fourth-order valence-electron chi connectivity index (χ4n) is 0.843. The molecule has 0 saturated heterocycles. The molecule has 94 valence electrons. The molecule has 0 aromatic carbocycles. The minimum atomic E-state index is -4.85. The van der Waals surface area contributed by atoms with Crippen LogP contribution in [0.3, 0.4) is 0 Å². The first-order chi connectivity index (χ1) is 7.20. The molecule has 0 fully saturated rings. The van der Waals surface area contributed by atoms with E-state index in [1.165, 1.54) is 6.92 Å². The first kappa shape index (κ1) is 14.7. The Kier molecular flexibility index (Phi) is 5.22. The minimum absolute atomic E-state index is 0.138. The summed E-state index contributed by atoms with van der Waals surface area (Å²) in [5.74, 6) is -2.36. The molecule has 0 spiro atoms. The number of halogens is 3. The van der Waals surface area contributed by atoms with Gasteiger partial charge in [0.1, 0.15) is 6.04 Å². The van der Waals surface area contributed by atoms with Crippen LogP contribution in [0.5, 0.6) is 0 Å². The summed E-state index contributed by atoms with van der Waals surface area (Å²) in [5.41, 5.74) is 4.77. The predicted octanol–water partition coefficient (Wildman–Crippen LogP) is 0.371. The van der Waals surface area contributed by atoms with E-state index in [-0.39, 0.29) is 6.61 Å². The van der Waals surface area contributed by atoms with E-state index in [9.17, 15) is 22.8 Å². The van der Waals surface area contributed by atoms with Gasteiger partial charge in [-0.2, -0.15) is 13.2 Å². The predicted molar refractivity (Wildman–Crippen MR) is 46.2 cm³/mol. The number of esters is 2.